The third-order valence-electron chi connectivity index (χ3n) is 3.39. The fraction of sp³-hybridized carbons (Fsp3) is 1.00. The van der Waals surface area contributed by atoms with Crippen LogP contribution in [0.15, 0.2) is 0 Å². The summed E-state index contributed by atoms with van der Waals surface area (Å²) in [5.74, 6) is 0.978. The first-order chi connectivity index (χ1) is 6.78. The highest BCUT2D eigenvalue weighted by atomic mass is 15.1. The van der Waals surface area contributed by atoms with Crippen molar-refractivity contribution < 1.29 is 0 Å². The van der Waals surface area contributed by atoms with E-state index in [1.165, 1.54) is 51.7 Å². The van der Waals surface area contributed by atoms with Crippen LogP contribution in [0.4, 0.5) is 0 Å². The number of unbranched alkanes of at least 4 members (excludes halogenated alkanes) is 1. The van der Waals surface area contributed by atoms with E-state index in [1.807, 2.05) is 0 Å². The zero-order chi connectivity index (χ0) is 10.8. The Morgan fingerprint density at radius 2 is 1.43 bits per heavy atom. The van der Waals surface area contributed by atoms with Crippen LogP contribution in [0.1, 0.15) is 59.8 Å². The summed E-state index contributed by atoms with van der Waals surface area (Å²) in [6, 6.07) is 0. The van der Waals surface area contributed by atoms with Crippen LogP contribution in [0.5, 0.6) is 0 Å². The number of hydrogen-bond acceptors (Lipinski definition) is 1. The van der Waals surface area contributed by atoms with E-state index in [9.17, 15) is 0 Å². The predicted octanol–water partition coefficient (Wildman–Crippen LogP) is 3.93. The zero-order valence-electron chi connectivity index (χ0n) is 10.7. The first-order valence-corrected chi connectivity index (χ1v) is 6.50. The van der Waals surface area contributed by atoms with Gasteiger partial charge in [-0.2, -0.15) is 0 Å². The lowest BCUT2D eigenvalue weighted by Crippen LogP contribution is -2.23. The second kappa shape index (κ2) is 9.51. The summed E-state index contributed by atoms with van der Waals surface area (Å²) in [5, 5.41) is 0. The molecule has 0 aliphatic rings. The molecule has 1 nitrogen and oxygen atoms in total. The molecule has 0 aliphatic carbocycles. The Bertz CT molecular complexity index is 89.8. The minimum Gasteiger partial charge on any atom is -0.304 e. The SMILES string of the molecule is CCC(CC)CCCCN(CC)CC. The van der Waals surface area contributed by atoms with Gasteiger partial charge < -0.3 is 4.90 Å². The van der Waals surface area contributed by atoms with E-state index in [-0.39, 0.29) is 0 Å². The molecule has 0 heterocycles. The number of hydrogen-bond donors (Lipinski definition) is 0. The van der Waals surface area contributed by atoms with Crippen molar-refractivity contribution in [2.45, 2.75) is 59.8 Å². The molecular weight excluding hydrogens is 170 g/mol. The fourth-order valence-corrected chi connectivity index (χ4v) is 2.01. The summed E-state index contributed by atoms with van der Waals surface area (Å²) in [6.45, 7) is 12.9. The van der Waals surface area contributed by atoms with Gasteiger partial charge in [-0.05, 0) is 32.0 Å². The van der Waals surface area contributed by atoms with Crippen molar-refractivity contribution in [2.24, 2.45) is 5.92 Å². The van der Waals surface area contributed by atoms with Gasteiger partial charge in [-0.25, -0.2) is 0 Å². The Morgan fingerprint density at radius 1 is 0.857 bits per heavy atom. The standard InChI is InChI=1S/C13H29N/c1-5-13(6-2)11-9-10-12-14(7-3)8-4/h13H,5-12H2,1-4H3. The molecule has 0 saturated heterocycles. The van der Waals surface area contributed by atoms with Gasteiger partial charge in [0.25, 0.3) is 0 Å². The van der Waals surface area contributed by atoms with Crippen LogP contribution in [0.2, 0.25) is 0 Å². The Morgan fingerprint density at radius 3 is 1.86 bits per heavy atom. The van der Waals surface area contributed by atoms with Gasteiger partial charge in [0, 0.05) is 0 Å². The van der Waals surface area contributed by atoms with Crippen LogP contribution in [-0.4, -0.2) is 24.5 Å². The van der Waals surface area contributed by atoms with Crippen molar-refractivity contribution in [3.63, 3.8) is 0 Å². The molecule has 0 bridgehead atoms. The minimum atomic E-state index is 0.978. The molecule has 0 unspecified atom stereocenters. The van der Waals surface area contributed by atoms with Crippen molar-refractivity contribution in [3.05, 3.63) is 0 Å². The molecule has 0 amide bonds. The third kappa shape index (κ3) is 6.42. The van der Waals surface area contributed by atoms with Gasteiger partial charge in [0.15, 0.2) is 0 Å². The highest BCUT2D eigenvalue weighted by Gasteiger charge is 2.03. The molecule has 0 aromatic carbocycles. The third-order valence-corrected chi connectivity index (χ3v) is 3.39. The van der Waals surface area contributed by atoms with E-state index in [1.54, 1.807) is 0 Å². The van der Waals surface area contributed by atoms with Crippen molar-refractivity contribution in [3.8, 4) is 0 Å². The highest BCUT2D eigenvalue weighted by molar-refractivity contribution is 4.57. The molecule has 0 radical (unpaired) electrons. The molecule has 0 aliphatic heterocycles. The molecule has 0 atom stereocenters. The molecule has 0 aromatic rings. The maximum atomic E-state index is 2.52. The van der Waals surface area contributed by atoms with Gasteiger partial charge in [0.1, 0.15) is 0 Å². The molecule has 0 rings (SSSR count). The molecule has 0 N–H and O–H groups in total. The lowest BCUT2D eigenvalue weighted by Gasteiger charge is -2.18. The molecule has 0 fully saturated rings. The first kappa shape index (κ1) is 14.0. The average Bonchev–Trinajstić information content (AvgIpc) is 2.24. The molecule has 14 heavy (non-hydrogen) atoms. The van der Waals surface area contributed by atoms with Crippen molar-refractivity contribution >= 4 is 0 Å². The minimum absolute atomic E-state index is 0.978. The second-order valence-electron chi connectivity index (χ2n) is 4.21. The summed E-state index contributed by atoms with van der Waals surface area (Å²) in [7, 11) is 0. The van der Waals surface area contributed by atoms with E-state index < -0.39 is 0 Å². The average molecular weight is 199 g/mol. The topological polar surface area (TPSA) is 3.24 Å². The summed E-state index contributed by atoms with van der Waals surface area (Å²) < 4.78 is 0. The van der Waals surface area contributed by atoms with Crippen LogP contribution in [-0.2, 0) is 0 Å². The largest absolute Gasteiger partial charge is 0.304 e. The van der Waals surface area contributed by atoms with Gasteiger partial charge in [-0.3, -0.25) is 0 Å². The van der Waals surface area contributed by atoms with Gasteiger partial charge in [-0.1, -0.05) is 53.4 Å². The lowest BCUT2D eigenvalue weighted by molar-refractivity contribution is 0.290. The molecular formula is C13H29N. The van der Waals surface area contributed by atoms with Crippen LogP contribution in [0.25, 0.3) is 0 Å². The van der Waals surface area contributed by atoms with Crippen molar-refractivity contribution in [1.82, 2.24) is 4.90 Å². The molecule has 1 heteroatoms. The van der Waals surface area contributed by atoms with E-state index in [0.717, 1.165) is 5.92 Å². The van der Waals surface area contributed by atoms with Crippen LogP contribution in [0.3, 0.4) is 0 Å². The van der Waals surface area contributed by atoms with Crippen LogP contribution < -0.4 is 0 Å². The van der Waals surface area contributed by atoms with Crippen LogP contribution in [0, 0.1) is 5.92 Å². The van der Waals surface area contributed by atoms with Gasteiger partial charge in [0.2, 0.25) is 0 Å². The predicted molar refractivity (Wildman–Crippen MR) is 65.7 cm³/mol. The van der Waals surface area contributed by atoms with Crippen molar-refractivity contribution in [2.75, 3.05) is 19.6 Å². The Hall–Kier alpha value is -0.0400. The number of rotatable bonds is 9. The number of nitrogens with zero attached hydrogens (tertiary/aromatic N) is 1. The normalized spacial score (nSPS) is 11.6. The summed E-state index contributed by atoms with van der Waals surface area (Å²) in [6.07, 6.45) is 6.97. The zero-order valence-corrected chi connectivity index (χ0v) is 10.7. The summed E-state index contributed by atoms with van der Waals surface area (Å²) >= 11 is 0. The molecule has 0 saturated carbocycles. The molecule has 0 spiro atoms. The Kier molecular flexibility index (Phi) is 9.49. The van der Waals surface area contributed by atoms with Gasteiger partial charge in [-0.15, -0.1) is 0 Å². The van der Waals surface area contributed by atoms with E-state index in [0.29, 0.717) is 0 Å². The molecule has 0 aromatic heterocycles. The maximum Gasteiger partial charge on any atom is -0.00190 e. The summed E-state index contributed by atoms with van der Waals surface area (Å²) in [4.78, 5) is 2.52. The van der Waals surface area contributed by atoms with E-state index in [4.69, 9.17) is 0 Å². The fourth-order valence-electron chi connectivity index (χ4n) is 2.01. The Labute approximate surface area is 90.9 Å². The van der Waals surface area contributed by atoms with Gasteiger partial charge in [0.05, 0.1) is 0 Å². The monoisotopic (exact) mass is 199 g/mol. The second-order valence-corrected chi connectivity index (χ2v) is 4.21. The highest BCUT2D eigenvalue weighted by Crippen LogP contribution is 2.15. The lowest BCUT2D eigenvalue weighted by atomic mass is 9.97. The smallest absolute Gasteiger partial charge is 0.00190 e. The van der Waals surface area contributed by atoms with E-state index >= 15 is 0 Å². The first-order valence-electron chi connectivity index (χ1n) is 6.50. The van der Waals surface area contributed by atoms with Crippen LogP contribution >= 0.6 is 0 Å². The van der Waals surface area contributed by atoms with E-state index in [2.05, 4.69) is 32.6 Å². The Balaban J connectivity index is 3.35. The quantitative estimate of drug-likeness (QED) is 0.508. The molecule has 86 valence electrons. The van der Waals surface area contributed by atoms with Gasteiger partial charge >= 0.3 is 0 Å². The maximum absolute atomic E-state index is 2.52. The summed E-state index contributed by atoms with van der Waals surface area (Å²) in [5.41, 5.74) is 0. The van der Waals surface area contributed by atoms with Crippen molar-refractivity contribution in [1.29, 1.82) is 0 Å².